The number of para-hydroxylation sites is 1. The standard InChI is InChI=1S/C23H27N5O/c1-18-7-3-4-9-21(18)28-17-20(15-25-28)16-26-11-6-12-27(14-13-26)23(29)22-19(2)8-5-10-24-22/h3-5,7-10,15,17H,6,11-14,16H2,1-2H3. The maximum absolute atomic E-state index is 12.9. The van der Waals surface area contributed by atoms with Crippen LogP contribution in [-0.2, 0) is 6.54 Å². The van der Waals surface area contributed by atoms with Crippen molar-refractivity contribution in [2.45, 2.75) is 26.8 Å². The molecular weight excluding hydrogens is 362 g/mol. The lowest BCUT2D eigenvalue weighted by Gasteiger charge is -2.22. The van der Waals surface area contributed by atoms with Crippen molar-refractivity contribution in [1.82, 2.24) is 24.6 Å². The number of carbonyl (C=O) groups excluding carboxylic acids is 1. The van der Waals surface area contributed by atoms with E-state index in [-0.39, 0.29) is 5.91 Å². The molecule has 1 aliphatic rings. The number of aromatic nitrogens is 3. The van der Waals surface area contributed by atoms with Crippen molar-refractivity contribution in [3.8, 4) is 5.69 Å². The van der Waals surface area contributed by atoms with E-state index in [1.165, 1.54) is 11.1 Å². The number of hydrogen-bond donors (Lipinski definition) is 0. The smallest absolute Gasteiger partial charge is 0.272 e. The van der Waals surface area contributed by atoms with Gasteiger partial charge in [0.2, 0.25) is 0 Å². The highest BCUT2D eigenvalue weighted by molar-refractivity contribution is 5.93. The van der Waals surface area contributed by atoms with E-state index in [1.807, 2.05) is 47.0 Å². The minimum Gasteiger partial charge on any atom is -0.336 e. The highest BCUT2D eigenvalue weighted by Crippen LogP contribution is 2.16. The number of amides is 1. The number of pyridine rings is 1. The fraction of sp³-hybridized carbons (Fsp3) is 0.348. The van der Waals surface area contributed by atoms with E-state index in [9.17, 15) is 4.79 Å². The molecule has 0 bridgehead atoms. The summed E-state index contributed by atoms with van der Waals surface area (Å²) in [6.45, 7) is 8.20. The Balaban J connectivity index is 1.39. The molecule has 1 saturated heterocycles. The summed E-state index contributed by atoms with van der Waals surface area (Å²) in [5, 5.41) is 4.55. The van der Waals surface area contributed by atoms with Crippen LogP contribution in [0.2, 0.25) is 0 Å². The lowest BCUT2D eigenvalue weighted by Crippen LogP contribution is -2.35. The third-order valence-corrected chi connectivity index (χ3v) is 5.49. The second kappa shape index (κ2) is 8.57. The normalized spacial score (nSPS) is 15.3. The van der Waals surface area contributed by atoms with Gasteiger partial charge < -0.3 is 4.90 Å². The summed E-state index contributed by atoms with van der Waals surface area (Å²) in [5.74, 6) is 0.0392. The summed E-state index contributed by atoms with van der Waals surface area (Å²) in [7, 11) is 0. The van der Waals surface area contributed by atoms with Gasteiger partial charge in [-0.3, -0.25) is 14.7 Å². The molecule has 6 nitrogen and oxygen atoms in total. The molecule has 0 spiro atoms. The van der Waals surface area contributed by atoms with Crippen molar-refractivity contribution >= 4 is 5.91 Å². The number of carbonyl (C=O) groups is 1. The van der Waals surface area contributed by atoms with Gasteiger partial charge >= 0.3 is 0 Å². The molecule has 1 aliphatic heterocycles. The minimum absolute atomic E-state index is 0.0392. The molecule has 0 atom stereocenters. The average molecular weight is 390 g/mol. The highest BCUT2D eigenvalue weighted by Gasteiger charge is 2.22. The molecule has 0 saturated carbocycles. The molecule has 0 unspecified atom stereocenters. The van der Waals surface area contributed by atoms with Gasteiger partial charge in [0.15, 0.2) is 0 Å². The molecule has 3 heterocycles. The summed E-state index contributed by atoms with van der Waals surface area (Å²) >= 11 is 0. The first-order chi connectivity index (χ1) is 14.1. The van der Waals surface area contributed by atoms with Gasteiger partial charge in [0.25, 0.3) is 5.91 Å². The van der Waals surface area contributed by atoms with Crippen molar-refractivity contribution in [2.24, 2.45) is 0 Å². The summed E-state index contributed by atoms with van der Waals surface area (Å²) in [6, 6.07) is 12.1. The van der Waals surface area contributed by atoms with Gasteiger partial charge in [0.1, 0.15) is 5.69 Å². The zero-order chi connectivity index (χ0) is 20.2. The molecule has 1 aromatic carbocycles. The van der Waals surface area contributed by atoms with Crippen LogP contribution in [0.15, 0.2) is 55.0 Å². The Labute approximate surface area is 171 Å². The molecule has 29 heavy (non-hydrogen) atoms. The fourth-order valence-electron chi connectivity index (χ4n) is 3.84. The molecule has 0 radical (unpaired) electrons. The first-order valence-electron chi connectivity index (χ1n) is 10.1. The number of aryl methyl sites for hydroxylation is 2. The number of nitrogens with zero attached hydrogens (tertiary/aromatic N) is 5. The number of rotatable bonds is 4. The Hall–Kier alpha value is -2.99. The second-order valence-corrected chi connectivity index (χ2v) is 7.67. The van der Waals surface area contributed by atoms with Crippen LogP contribution in [0.3, 0.4) is 0 Å². The van der Waals surface area contributed by atoms with Crippen LogP contribution in [0.4, 0.5) is 0 Å². The van der Waals surface area contributed by atoms with E-state index in [2.05, 4.69) is 40.2 Å². The summed E-state index contributed by atoms with van der Waals surface area (Å²) in [5.41, 5.74) is 5.00. The molecule has 1 amide bonds. The van der Waals surface area contributed by atoms with Crippen LogP contribution in [-0.4, -0.2) is 56.7 Å². The van der Waals surface area contributed by atoms with Gasteiger partial charge in [0, 0.05) is 50.7 Å². The maximum Gasteiger partial charge on any atom is 0.272 e. The van der Waals surface area contributed by atoms with Crippen LogP contribution >= 0.6 is 0 Å². The first-order valence-corrected chi connectivity index (χ1v) is 10.1. The Morgan fingerprint density at radius 3 is 2.66 bits per heavy atom. The zero-order valence-corrected chi connectivity index (χ0v) is 17.1. The van der Waals surface area contributed by atoms with Gasteiger partial charge in [-0.2, -0.15) is 5.10 Å². The molecule has 0 N–H and O–H groups in total. The Bertz CT molecular complexity index is 996. The number of benzene rings is 1. The average Bonchev–Trinajstić information content (AvgIpc) is 3.05. The predicted octanol–water partition coefficient (Wildman–Crippen LogP) is 3.23. The molecule has 3 aromatic rings. The SMILES string of the molecule is Cc1ccccc1-n1cc(CN2CCCN(C(=O)c3ncccc3C)CC2)cn1. The highest BCUT2D eigenvalue weighted by atomic mass is 16.2. The van der Waals surface area contributed by atoms with E-state index >= 15 is 0 Å². The number of hydrogen-bond acceptors (Lipinski definition) is 4. The molecule has 0 aliphatic carbocycles. The largest absolute Gasteiger partial charge is 0.336 e. The third-order valence-electron chi connectivity index (χ3n) is 5.49. The third kappa shape index (κ3) is 4.38. The monoisotopic (exact) mass is 389 g/mol. The van der Waals surface area contributed by atoms with Crippen LogP contribution < -0.4 is 0 Å². The second-order valence-electron chi connectivity index (χ2n) is 7.67. The van der Waals surface area contributed by atoms with Gasteiger partial charge in [0.05, 0.1) is 11.9 Å². The molecular formula is C23H27N5O. The topological polar surface area (TPSA) is 54.3 Å². The van der Waals surface area contributed by atoms with E-state index in [0.29, 0.717) is 5.69 Å². The molecule has 2 aromatic heterocycles. The summed E-state index contributed by atoms with van der Waals surface area (Å²) < 4.78 is 1.95. The Kier molecular flexibility index (Phi) is 5.71. The zero-order valence-electron chi connectivity index (χ0n) is 17.1. The van der Waals surface area contributed by atoms with E-state index in [0.717, 1.165) is 50.4 Å². The van der Waals surface area contributed by atoms with Gasteiger partial charge in [-0.15, -0.1) is 0 Å². The van der Waals surface area contributed by atoms with Crippen molar-refractivity contribution in [3.05, 3.63) is 77.4 Å². The Morgan fingerprint density at radius 1 is 1.00 bits per heavy atom. The first kappa shape index (κ1) is 19.3. The van der Waals surface area contributed by atoms with Crippen molar-refractivity contribution in [2.75, 3.05) is 26.2 Å². The summed E-state index contributed by atoms with van der Waals surface area (Å²) in [4.78, 5) is 21.5. The maximum atomic E-state index is 12.9. The van der Waals surface area contributed by atoms with Crippen molar-refractivity contribution in [1.29, 1.82) is 0 Å². The van der Waals surface area contributed by atoms with Crippen LogP contribution in [0, 0.1) is 13.8 Å². The van der Waals surface area contributed by atoms with Crippen LogP contribution in [0.1, 0.15) is 33.6 Å². The minimum atomic E-state index is 0.0392. The van der Waals surface area contributed by atoms with Gasteiger partial charge in [-0.25, -0.2) is 4.68 Å². The van der Waals surface area contributed by atoms with Gasteiger partial charge in [-0.05, 0) is 43.5 Å². The molecule has 150 valence electrons. The lowest BCUT2D eigenvalue weighted by atomic mass is 10.2. The molecule has 6 heteroatoms. The fourth-order valence-corrected chi connectivity index (χ4v) is 3.84. The lowest BCUT2D eigenvalue weighted by molar-refractivity contribution is 0.0754. The molecule has 4 rings (SSSR count). The van der Waals surface area contributed by atoms with E-state index in [1.54, 1.807) is 6.20 Å². The van der Waals surface area contributed by atoms with Crippen molar-refractivity contribution in [3.63, 3.8) is 0 Å². The quantitative estimate of drug-likeness (QED) is 0.687. The summed E-state index contributed by atoms with van der Waals surface area (Å²) in [6.07, 6.45) is 6.70. The molecule has 1 fully saturated rings. The van der Waals surface area contributed by atoms with Crippen molar-refractivity contribution < 1.29 is 4.79 Å². The van der Waals surface area contributed by atoms with Crippen LogP contribution in [0.5, 0.6) is 0 Å². The van der Waals surface area contributed by atoms with E-state index in [4.69, 9.17) is 0 Å². The van der Waals surface area contributed by atoms with Crippen LogP contribution in [0.25, 0.3) is 5.69 Å². The Morgan fingerprint density at radius 2 is 1.83 bits per heavy atom. The van der Waals surface area contributed by atoms with E-state index < -0.39 is 0 Å². The van der Waals surface area contributed by atoms with Gasteiger partial charge in [-0.1, -0.05) is 24.3 Å². The predicted molar refractivity (Wildman–Crippen MR) is 113 cm³/mol.